The molecule has 10 rings (SSSR count). The highest BCUT2D eigenvalue weighted by Gasteiger charge is 2.23. The van der Waals surface area contributed by atoms with Crippen LogP contribution in [0.2, 0.25) is 0 Å². The van der Waals surface area contributed by atoms with Crippen molar-refractivity contribution in [1.82, 2.24) is 0 Å². The molecule has 0 bridgehead atoms. The molecule has 0 saturated heterocycles. The molecule has 0 N–H and O–H groups in total. The Kier molecular flexibility index (Phi) is 6.25. The molecular weight excluding hydrogens is 593 g/mol. The van der Waals surface area contributed by atoms with Crippen LogP contribution in [0.5, 0.6) is 0 Å². The molecule has 0 radical (unpaired) electrons. The largest absolute Gasteiger partial charge is 0.455 e. The molecule has 10 aromatic rings. The number of hydrogen-bond acceptors (Lipinski definition) is 1. The van der Waals surface area contributed by atoms with E-state index < -0.39 is 0 Å². The second-order valence-corrected chi connectivity index (χ2v) is 12.8. The summed E-state index contributed by atoms with van der Waals surface area (Å²) in [5.74, 6) is 0. The van der Waals surface area contributed by atoms with Gasteiger partial charge in [-0.3, -0.25) is 0 Å². The first-order valence-corrected chi connectivity index (χ1v) is 16.9. The number of benzene rings is 9. The van der Waals surface area contributed by atoms with Gasteiger partial charge in [-0.05, 0) is 77.8 Å². The molecule has 0 aliphatic heterocycles. The Morgan fingerprint density at radius 3 is 1.22 bits per heavy atom. The van der Waals surface area contributed by atoms with Crippen LogP contribution in [0.25, 0.3) is 98.8 Å². The molecule has 0 aliphatic carbocycles. The van der Waals surface area contributed by atoms with Gasteiger partial charge in [0.25, 0.3) is 0 Å². The van der Waals surface area contributed by atoms with E-state index in [1.165, 1.54) is 65.5 Å². The van der Waals surface area contributed by atoms with Crippen LogP contribution in [-0.4, -0.2) is 0 Å². The summed E-state index contributed by atoms with van der Waals surface area (Å²) >= 11 is 0. The molecule has 0 unspecified atom stereocenters. The van der Waals surface area contributed by atoms with Gasteiger partial charge in [0.1, 0.15) is 11.2 Å². The molecule has 0 spiro atoms. The van der Waals surface area contributed by atoms with Gasteiger partial charge in [-0.15, -0.1) is 0 Å². The Morgan fingerprint density at radius 1 is 0.265 bits per heavy atom. The van der Waals surface area contributed by atoms with Crippen molar-refractivity contribution in [2.24, 2.45) is 0 Å². The third-order valence-corrected chi connectivity index (χ3v) is 10.0. The van der Waals surface area contributed by atoms with Crippen LogP contribution in [0.3, 0.4) is 0 Å². The first-order chi connectivity index (χ1) is 24.3. The quantitative estimate of drug-likeness (QED) is 0.178. The van der Waals surface area contributed by atoms with E-state index in [9.17, 15) is 0 Å². The Hall–Kier alpha value is -6.44. The molecular formula is C48H30O. The monoisotopic (exact) mass is 622 g/mol. The van der Waals surface area contributed by atoms with E-state index in [0.717, 1.165) is 33.2 Å². The van der Waals surface area contributed by atoms with Gasteiger partial charge in [-0.1, -0.05) is 170 Å². The number of fused-ring (bicyclic) bond motifs is 7. The third-order valence-electron chi connectivity index (χ3n) is 10.0. The van der Waals surface area contributed by atoms with Crippen LogP contribution < -0.4 is 0 Å². The molecule has 0 atom stereocenters. The normalized spacial score (nSPS) is 11.7. The molecule has 1 nitrogen and oxygen atoms in total. The lowest BCUT2D eigenvalue weighted by Crippen LogP contribution is -1.93. The maximum atomic E-state index is 6.79. The second kappa shape index (κ2) is 11.1. The molecule has 0 saturated carbocycles. The summed E-state index contributed by atoms with van der Waals surface area (Å²) in [6.07, 6.45) is 0. The van der Waals surface area contributed by atoms with Crippen molar-refractivity contribution in [1.29, 1.82) is 0 Å². The molecule has 1 aromatic heterocycles. The second-order valence-electron chi connectivity index (χ2n) is 12.8. The zero-order valence-electron chi connectivity index (χ0n) is 26.7. The summed E-state index contributed by atoms with van der Waals surface area (Å²) in [7, 11) is 0. The molecule has 9 aromatic carbocycles. The van der Waals surface area contributed by atoms with E-state index >= 15 is 0 Å². The van der Waals surface area contributed by atoms with Gasteiger partial charge in [-0.25, -0.2) is 0 Å². The minimum Gasteiger partial charge on any atom is -0.455 e. The van der Waals surface area contributed by atoms with Crippen molar-refractivity contribution in [3.8, 4) is 44.5 Å². The van der Waals surface area contributed by atoms with Gasteiger partial charge in [0.2, 0.25) is 0 Å². The zero-order chi connectivity index (χ0) is 32.3. The van der Waals surface area contributed by atoms with Crippen LogP contribution in [0.4, 0.5) is 0 Å². The molecule has 0 amide bonds. The van der Waals surface area contributed by atoms with Gasteiger partial charge in [0, 0.05) is 21.9 Å². The fourth-order valence-electron chi connectivity index (χ4n) is 8.02. The highest BCUT2D eigenvalue weighted by atomic mass is 16.3. The fourth-order valence-corrected chi connectivity index (χ4v) is 8.02. The molecule has 1 heteroatoms. The van der Waals surface area contributed by atoms with Gasteiger partial charge in [-0.2, -0.15) is 0 Å². The van der Waals surface area contributed by atoms with E-state index in [1.807, 2.05) is 0 Å². The summed E-state index contributed by atoms with van der Waals surface area (Å²) in [5.41, 5.74) is 11.4. The molecule has 0 fully saturated rings. The van der Waals surface area contributed by atoms with Crippen LogP contribution in [0.1, 0.15) is 0 Å². The summed E-state index contributed by atoms with van der Waals surface area (Å²) in [6.45, 7) is 0. The fraction of sp³-hybridized carbons (Fsp3) is 0. The lowest BCUT2D eigenvalue weighted by molar-refractivity contribution is 0.670. The van der Waals surface area contributed by atoms with E-state index in [1.54, 1.807) is 0 Å². The Morgan fingerprint density at radius 2 is 0.653 bits per heavy atom. The highest BCUT2D eigenvalue weighted by molar-refractivity contribution is 6.27. The van der Waals surface area contributed by atoms with Gasteiger partial charge in [0.15, 0.2) is 0 Å². The smallest absolute Gasteiger partial charge is 0.144 e. The van der Waals surface area contributed by atoms with Crippen molar-refractivity contribution < 1.29 is 4.42 Å². The maximum Gasteiger partial charge on any atom is 0.144 e. The molecule has 0 aliphatic rings. The Bertz CT molecular complexity index is 2800. The standard InChI is InChI=1S/C48H30O/c1-3-16-31(17-4-1)43-35-22-7-9-24-37(35)44(38-25-10-8-23-36(38)43)33-20-15-21-34(30-33)45-39-26-11-12-27-40(39)47-41-28-13-14-29-42(41)49-48(47)46(45)32-18-5-2-6-19-32/h1-30H. The summed E-state index contributed by atoms with van der Waals surface area (Å²) in [4.78, 5) is 0. The van der Waals surface area contributed by atoms with Crippen molar-refractivity contribution in [3.05, 3.63) is 182 Å². The SMILES string of the molecule is c1ccc(-c2c3ccccc3c(-c3cccc(-c4c(-c5ccccc5)c5oc6ccccc6c5c5ccccc45)c3)c3ccccc23)cc1. The van der Waals surface area contributed by atoms with Gasteiger partial charge in [0.05, 0.1) is 0 Å². The van der Waals surface area contributed by atoms with Gasteiger partial charge >= 0.3 is 0 Å². The Balaban J connectivity index is 1.32. The van der Waals surface area contributed by atoms with Crippen molar-refractivity contribution in [3.63, 3.8) is 0 Å². The third kappa shape index (κ3) is 4.26. The predicted octanol–water partition coefficient (Wildman–Crippen LogP) is 13.7. The van der Waals surface area contributed by atoms with Crippen LogP contribution in [0.15, 0.2) is 186 Å². The summed E-state index contributed by atoms with van der Waals surface area (Å²) < 4.78 is 6.79. The Labute approximate surface area is 284 Å². The van der Waals surface area contributed by atoms with Crippen LogP contribution in [0, 0.1) is 0 Å². The number of para-hydroxylation sites is 1. The average Bonchev–Trinajstić information content (AvgIpc) is 3.57. The highest BCUT2D eigenvalue weighted by Crippen LogP contribution is 2.49. The van der Waals surface area contributed by atoms with E-state index in [-0.39, 0.29) is 0 Å². The maximum absolute atomic E-state index is 6.79. The summed E-state index contributed by atoms with van der Waals surface area (Å²) in [5, 5.41) is 9.73. The van der Waals surface area contributed by atoms with Gasteiger partial charge < -0.3 is 4.42 Å². The molecule has 1 heterocycles. The number of rotatable bonds is 4. The topological polar surface area (TPSA) is 13.1 Å². The first kappa shape index (κ1) is 27.7. The number of furan rings is 1. The lowest BCUT2D eigenvalue weighted by atomic mass is 9.84. The molecule has 228 valence electrons. The zero-order valence-corrected chi connectivity index (χ0v) is 26.7. The summed E-state index contributed by atoms with van der Waals surface area (Å²) in [6, 6.07) is 65.6. The van der Waals surface area contributed by atoms with E-state index in [0.29, 0.717) is 0 Å². The van der Waals surface area contributed by atoms with E-state index in [2.05, 4.69) is 182 Å². The average molecular weight is 623 g/mol. The van der Waals surface area contributed by atoms with Crippen molar-refractivity contribution >= 4 is 54.3 Å². The predicted molar refractivity (Wildman–Crippen MR) is 208 cm³/mol. The van der Waals surface area contributed by atoms with Crippen LogP contribution in [-0.2, 0) is 0 Å². The van der Waals surface area contributed by atoms with Crippen molar-refractivity contribution in [2.75, 3.05) is 0 Å². The minimum absolute atomic E-state index is 0.905. The molecule has 49 heavy (non-hydrogen) atoms. The lowest BCUT2D eigenvalue weighted by Gasteiger charge is -2.19. The first-order valence-electron chi connectivity index (χ1n) is 16.9. The van der Waals surface area contributed by atoms with Crippen LogP contribution >= 0.6 is 0 Å². The number of hydrogen-bond donors (Lipinski definition) is 0. The minimum atomic E-state index is 0.905. The van der Waals surface area contributed by atoms with Crippen molar-refractivity contribution in [2.45, 2.75) is 0 Å². The van der Waals surface area contributed by atoms with E-state index in [4.69, 9.17) is 4.42 Å².